The first kappa shape index (κ1) is 11.5. The van der Waals surface area contributed by atoms with Crippen molar-refractivity contribution in [2.24, 2.45) is 0 Å². The lowest BCUT2D eigenvalue weighted by Gasteiger charge is -2.03. The lowest BCUT2D eigenvalue weighted by molar-refractivity contribution is 0.627. The maximum absolute atomic E-state index is 12.9. The molecule has 1 aromatic carbocycles. The topological polar surface area (TPSA) is 25.8 Å². The first-order valence-corrected chi connectivity index (χ1v) is 5.86. The third kappa shape index (κ3) is 2.39. The molecule has 1 heterocycles. The summed E-state index contributed by atoms with van der Waals surface area (Å²) in [7, 11) is 0. The number of halogens is 3. The molecule has 0 aliphatic heterocycles. The van der Waals surface area contributed by atoms with E-state index in [1.807, 2.05) is 0 Å². The predicted octanol–water partition coefficient (Wildman–Crippen LogP) is 3.78. The van der Waals surface area contributed by atoms with Gasteiger partial charge in [-0.25, -0.2) is 14.4 Å². The second-order valence-corrected chi connectivity index (χ2v) is 4.29. The Hall–Kier alpha value is -1.00. The van der Waals surface area contributed by atoms with Crippen LogP contribution in [0.3, 0.4) is 0 Å². The molecule has 2 rings (SSSR count). The summed E-state index contributed by atoms with van der Waals surface area (Å²) < 4.78 is 13.5. The van der Waals surface area contributed by atoms with Crippen molar-refractivity contribution in [1.29, 1.82) is 0 Å². The van der Waals surface area contributed by atoms with Crippen LogP contribution in [-0.2, 0) is 5.88 Å². The molecule has 0 aliphatic carbocycles. The van der Waals surface area contributed by atoms with E-state index in [1.54, 1.807) is 18.5 Å². The second-order valence-electron chi connectivity index (χ2n) is 3.17. The number of rotatable bonds is 2. The maximum atomic E-state index is 12.9. The quantitative estimate of drug-likeness (QED) is 0.789. The molecular weight excluding hydrogens is 294 g/mol. The van der Waals surface area contributed by atoms with Crippen LogP contribution in [0.4, 0.5) is 4.39 Å². The summed E-state index contributed by atoms with van der Waals surface area (Å²) in [6.07, 6.45) is 3.32. The Bertz CT molecular complexity index is 502. The average molecular weight is 302 g/mol. The van der Waals surface area contributed by atoms with Crippen molar-refractivity contribution in [2.45, 2.75) is 5.88 Å². The standard InChI is InChI=1S/C11H7BrClFN2/c12-10-3-8(14)1-2-9(10)11-15-5-7(4-13)6-16-11/h1-3,5-6H,4H2. The highest BCUT2D eigenvalue weighted by atomic mass is 79.9. The van der Waals surface area contributed by atoms with Crippen LogP contribution in [-0.4, -0.2) is 9.97 Å². The smallest absolute Gasteiger partial charge is 0.160 e. The first-order chi connectivity index (χ1) is 7.70. The zero-order valence-corrected chi connectivity index (χ0v) is 10.5. The van der Waals surface area contributed by atoms with Crippen LogP contribution in [0.25, 0.3) is 11.4 Å². The van der Waals surface area contributed by atoms with E-state index in [0.29, 0.717) is 16.2 Å². The van der Waals surface area contributed by atoms with Gasteiger partial charge in [-0.05, 0) is 34.1 Å². The Labute approximate surface area is 106 Å². The van der Waals surface area contributed by atoms with Crippen LogP contribution in [0.5, 0.6) is 0 Å². The molecule has 0 saturated heterocycles. The van der Waals surface area contributed by atoms with Gasteiger partial charge in [0.25, 0.3) is 0 Å². The molecule has 2 nitrogen and oxygen atoms in total. The summed E-state index contributed by atoms with van der Waals surface area (Å²) in [4.78, 5) is 8.32. The van der Waals surface area contributed by atoms with E-state index in [2.05, 4.69) is 25.9 Å². The fourth-order valence-corrected chi connectivity index (χ4v) is 1.90. The minimum atomic E-state index is -0.298. The Morgan fingerprint density at radius 3 is 2.50 bits per heavy atom. The molecule has 0 bridgehead atoms. The Morgan fingerprint density at radius 1 is 1.25 bits per heavy atom. The molecule has 0 saturated carbocycles. The third-order valence-corrected chi connectivity index (χ3v) is 3.00. The monoisotopic (exact) mass is 300 g/mol. The van der Waals surface area contributed by atoms with E-state index in [9.17, 15) is 4.39 Å². The summed E-state index contributed by atoms with van der Waals surface area (Å²) in [5.41, 5.74) is 1.60. The van der Waals surface area contributed by atoms with Crippen molar-refractivity contribution in [1.82, 2.24) is 9.97 Å². The summed E-state index contributed by atoms with van der Waals surface area (Å²) in [6, 6.07) is 4.39. The van der Waals surface area contributed by atoms with Gasteiger partial charge in [-0.3, -0.25) is 0 Å². The van der Waals surface area contributed by atoms with E-state index in [4.69, 9.17) is 11.6 Å². The maximum Gasteiger partial charge on any atom is 0.160 e. The first-order valence-electron chi connectivity index (χ1n) is 4.53. The lowest BCUT2D eigenvalue weighted by Crippen LogP contribution is -1.92. The molecule has 0 radical (unpaired) electrons. The molecule has 0 spiro atoms. The van der Waals surface area contributed by atoms with Crippen molar-refractivity contribution in [3.8, 4) is 11.4 Å². The van der Waals surface area contributed by atoms with Crippen LogP contribution in [0, 0.1) is 5.82 Å². The van der Waals surface area contributed by atoms with Gasteiger partial charge in [0.1, 0.15) is 5.82 Å². The molecular formula is C11H7BrClFN2. The number of alkyl halides is 1. The summed E-state index contributed by atoms with van der Waals surface area (Å²) in [5, 5.41) is 0. The van der Waals surface area contributed by atoms with Gasteiger partial charge in [0.2, 0.25) is 0 Å². The zero-order valence-electron chi connectivity index (χ0n) is 8.12. The molecule has 82 valence electrons. The van der Waals surface area contributed by atoms with Crippen molar-refractivity contribution in [3.05, 3.63) is 46.4 Å². The Balaban J connectivity index is 2.42. The molecule has 16 heavy (non-hydrogen) atoms. The van der Waals surface area contributed by atoms with Gasteiger partial charge in [0.05, 0.1) is 5.88 Å². The van der Waals surface area contributed by atoms with E-state index in [0.717, 1.165) is 11.1 Å². The number of hydrogen-bond acceptors (Lipinski definition) is 2. The minimum absolute atomic E-state index is 0.298. The average Bonchev–Trinajstić information content (AvgIpc) is 2.29. The zero-order chi connectivity index (χ0) is 11.5. The third-order valence-electron chi connectivity index (χ3n) is 2.03. The fraction of sp³-hybridized carbons (Fsp3) is 0.0909. The van der Waals surface area contributed by atoms with E-state index in [1.165, 1.54) is 12.1 Å². The molecule has 0 aliphatic rings. The van der Waals surface area contributed by atoms with E-state index >= 15 is 0 Å². The number of nitrogens with zero attached hydrogens (tertiary/aromatic N) is 2. The SMILES string of the molecule is Fc1ccc(-c2ncc(CCl)cn2)c(Br)c1. The lowest BCUT2D eigenvalue weighted by atomic mass is 10.2. The highest BCUT2D eigenvalue weighted by molar-refractivity contribution is 9.10. The second kappa shape index (κ2) is 4.89. The van der Waals surface area contributed by atoms with Gasteiger partial charge in [0, 0.05) is 28.0 Å². The number of hydrogen-bond donors (Lipinski definition) is 0. The van der Waals surface area contributed by atoms with Crippen LogP contribution in [0.1, 0.15) is 5.56 Å². The van der Waals surface area contributed by atoms with Gasteiger partial charge in [-0.15, -0.1) is 11.6 Å². The molecule has 5 heteroatoms. The van der Waals surface area contributed by atoms with Crippen molar-refractivity contribution < 1.29 is 4.39 Å². The summed E-state index contributed by atoms with van der Waals surface area (Å²) >= 11 is 8.91. The van der Waals surface area contributed by atoms with Crippen molar-refractivity contribution in [3.63, 3.8) is 0 Å². The highest BCUT2D eigenvalue weighted by Crippen LogP contribution is 2.25. The van der Waals surface area contributed by atoms with E-state index < -0.39 is 0 Å². The number of aromatic nitrogens is 2. The molecule has 0 N–H and O–H groups in total. The summed E-state index contributed by atoms with van der Waals surface area (Å²) in [6.45, 7) is 0. The van der Waals surface area contributed by atoms with Crippen LogP contribution >= 0.6 is 27.5 Å². The van der Waals surface area contributed by atoms with Gasteiger partial charge < -0.3 is 0 Å². The van der Waals surface area contributed by atoms with Crippen molar-refractivity contribution in [2.75, 3.05) is 0 Å². The van der Waals surface area contributed by atoms with Crippen molar-refractivity contribution >= 4 is 27.5 Å². The fourth-order valence-electron chi connectivity index (χ4n) is 1.23. The highest BCUT2D eigenvalue weighted by Gasteiger charge is 2.06. The van der Waals surface area contributed by atoms with Crippen LogP contribution < -0.4 is 0 Å². The molecule has 1 aromatic heterocycles. The molecule has 2 aromatic rings. The minimum Gasteiger partial charge on any atom is -0.236 e. The Kier molecular flexibility index (Phi) is 3.51. The van der Waals surface area contributed by atoms with E-state index in [-0.39, 0.29) is 5.82 Å². The Morgan fingerprint density at radius 2 is 1.94 bits per heavy atom. The van der Waals surface area contributed by atoms with Gasteiger partial charge >= 0.3 is 0 Å². The predicted molar refractivity (Wildman–Crippen MR) is 64.7 cm³/mol. The molecule has 0 amide bonds. The van der Waals surface area contributed by atoms with Crippen LogP contribution in [0.2, 0.25) is 0 Å². The molecule has 0 unspecified atom stereocenters. The normalized spacial score (nSPS) is 10.4. The van der Waals surface area contributed by atoms with Gasteiger partial charge in [0.15, 0.2) is 5.82 Å². The largest absolute Gasteiger partial charge is 0.236 e. The summed E-state index contributed by atoms with van der Waals surface area (Å²) in [5.74, 6) is 0.624. The molecule has 0 fully saturated rings. The van der Waals surface area contributed by atoms with Gasteiger partial charge in [-0.2, -0.15) is 0 Å². The molecule has 0 atom stereocenters. The number of benzene rings is 1. The van der Waals surface area contributed by atoms with Crippen LogP contribution in [0.15, 0.2) is 35.1 Å². The van der Waals surface area contributed by atoms with Gasteiger partial charge in [-0.1, -0.05) is 0 Å².